The molecule has 0 fully saturated rings. The van der Waals surface area contributed by atoms with Gasteiger partial charge in [-0.2, -0.15) is 5.10 Å². The fraction of sp³-hybridized carbons (Fsp3) is 0.600. The highest BCUT2D eigenvalue weighted by molar-refractivity contribution is 6.17. The molecule has 0 saturated carbocycles. The normalized spacial score (nSPS) is 10.3. The van der Waals surface area contributed by atoms with Crippen LogP contribution in [-0.2, 0) is 18.4 Å². The molecular weight excluding hydrogens is 214 g/mol. The number of aromatic nitrogens is 2. The Bertz CT molecular complexity index is 335. The van der Waals surface area contributed by atoms with Crippen molar-refractivity contribution in [1.29, 1.82) is 0 Å². The molecule has 0 aliphatic rings. The first-order valence-electron chi connectivity index (χ1n) is 4.95. The van der Waals surface area contributed by atoms with Gasteiger partial charge in [-0.3, -0.25) is 9.48 Å². The van der Waals surface area contributed by atoms with E-state index in [0.717, 1.165) is 17.7 Å². The topological polar surface area (TPSA) is 46.9 Å². The van der Waals surface area contributed by atoms with E-state index >= 15 is 0 Å². The van der Waals surface area contributed by atoms with E-state index in [1.54, 1.807) is 10.9 Å². The first-order chi connectivity index (χ1) is 7.15. The van der Waals surface area contributed by atoms with Gasteiger partial charge in [-0.25, -0.2) is 0 Å². The first-order valence-corrected chi connectivity index (χ1v) is 5.48. The van der Waals surface area contributed by atoms with Crippen LogP contribution in [0.4, 0.5) is 0 Å². The summed E-state index contributed by atoms with van der Waals surface area (Å²) in [4.78, 5) is 11.3. The quantitative estimate of drug-likeness (QED) is 0.776. The van der Waals surface area contributed by atoms with E-state index in [1.165, 1.54) is 0 Å². The monoisotopic (exact) mass is 229 g/mol. The number of halogens is 1. The van der Waals surface area contributed by atoms with Gasteiger partial charge in [0.25, 0.3) is 0 Å². The Morgan fingerprint density at radius 3 is 2.93 bits per heavy atom. The Kier molecular flexibility index (Phi) is 4.62. The molecule has 1 rings (SSSR count). The van der Waals surface area contributed by atoms with E-state index in [1.807, 2.05) is 14.0 Å². The second-order valence-corrected chi connectivity index (χ2v) is 3.83. The van der Waals surface area contributed by atoms with Gasteiger partial charge in [-0.1, -0.05) is 0 Å². The second-order valence-electron chi connectivity index (χ2n) is 3.45. The van der Waals surface area contributed by atoms with Gasteiger partial charge in [-0.15, -0.1) is 11.6 Å². The smallest absolute Gasteiger partial charge is 0.220 e. The summed E-state index contributed by atoms with van der Waals surface area (Å²) in [5.74, 6) is 0.568. The first kappa shape index (κ1) is 12.0. The van der Waals surface area contributed by atoms with Crippen molar-refractivity contribution in [2.75, 3.05) is 5.88 Å². The predicted octanol–water partition coefficient (Wildman–Crippen LogP) is 1.36. The van der Waals surface area contributed by atoms with Crippen LogP contribution in [0.1, 0.15) is 24.1 Å². The van der Waals surface area contributed by atoms with Crippen molar-refractivity contribution in [3.63, 3.8) is 0 Å². The highest BCUT2D eigenvalue weighted by atomic mass is 35.5. The van der Waals surface area contributed by atoms with Gasteiger partial charge in [0.15, 0.2) is 0 Å². The summed E-state index contributed by atoms with van der Waals surface area (Å²) in [5.41, 5.74) is 2.13. The van der Waals surface area contributed by atoms with Crippen molar-refractivity contribution >= 4 is 17.5 Å². The number of carbonyl (C=O) groups is 1. The van der Waals surface area contributed by atoms with E-state index in [-0.39, 0.29) is 5.91 Å². The number of carbonyl (C=O) groups excluding carboxylic acids is 1. The van der Waals surface area contributed by atoms with Crippen LogP contribution < -0.4 is 5.32 Å². The summed E-state index contributed by atoms with van der Waals surface area (Å²) < 4.78 is 1.79. The molecule has 1 aromatic heterocycles. The molecule has 4 nitrogen and oxygen atoms in total. The molecule has 0 aromatic carbocycles. The lowest BCUT2D eigenvalue weighted by Crippen LogP contribution is -2.22. The van der Waals surface area contributed by atoms with Crippen LogP contribution in [0.25, 0.3) is 0 Å². The molecule has 0 unspecified atom stereocenters. The fourth-order valence-electron chi connectivity index (χ4n) is 1.23. The molecule has 5 heteroatoms. The molecule has 0 atom stereocenters. The lowest BCUT2D eigenvalue weighted by atomic mass is 10.2. The molecule has 84 valence electrons. The highest BCUT2D eigenvalue weighted by Crippen LogP contribution is 2.04. The van der Waals surface area contributed by atoms with E-state index in [0.29, 0.717) is 18.8 Å². The third-order valence-corrected chi connectivity index (χ3v) is 2.62. The Balaban J connectivity index is 2.37. The fourth-order valence-corrected chi connectivity index (χ4v) is 1.36. The number of hydrogen-bond donors (Lipinski definition) is 1. The van der Waals surface area contributed by atoms with Gasteiger partial charge in [0.2, 0.25) is 5.91 Å². The lowest BCUT2D eigenvalue weighted by molar-refractivity contribution is -0.121. The summed E-state index contributed by atoms with van der Waals surface area (Å²) in [6.07, 6.45) is 2.99. The second kappa shape index (κ2) is 5.75. The van der Waals surface area contributed by atoms with Crippen LogP contribution >= 0.6 is 11.6 Å². The van der Waals surface area contributed by atoms with Crippen molar-refractivity contribution in [2.45, 2.75) is 26.3 Å². The molecule has 0 spiro atoms. The van der Waals surface area contributed by atoms with Gasteiger partial charge >= 0.3 is 0 Å². The van der Waals surface area contributed by atoms with Crippen LogP contribution in [0.5, 0.6) is 0 Å². The summed E-state index contributed by atoms with van der Waals surface area (Å²) in [5, 5.41) is 6.94. The minimum atomic E-state index is 0.0407. The number of amides is 1. The Morgan fingerprint density at radius 2 is 2.40 bits per heavy atom. The number of nitrogens with zero attached hydrogens (tertiary/aromatic N) is 2. The minimum Gasteiger partial charge on any atom is -0.352 e. The van der Waals surface area contributed by atoms with Crippen molar-refractivity contribution in [3.8, 4) is 0 Å². The average Bonchev–Trinajstić information content (AvgIpc) is 2.54. The summed E-state index contributed by atoms with van der Waals surface area (Å²) in [6.45, 7) is 2.52. The molecule has 1 N–H and O–H groups in total. The van der Waals surface area contributed by atoms with E-state index in [4.69, 9.17) is 11.6 Å². The van der Waals surface area contributed by atoms with Gasteiger partial charge in [0, 0.05) is 37.2 Å². The van der Waals surface area contributed by atoms with Crippen molar-refractivity contribution in [1.82, 2.24) is 15.1 Å². The number of nitrogens with one attached hydrogen (secondary N) is 1. The molecule has 1 heterocycles. The SMILES string of the molecule is Cc1c(CNC(=O)CCCCl)cnn1C. The van der Waals surface area contributed by atoms with Crippen LogP contribution in [-0.4, -0.2) is 21.6 Å². The maximum Gasteiger partial charge on any atom is 0.220 e. The molecule has 15 heavy (non-hydrogen) atoms. The number of alkyl halides is 1. The highest BCUT2D eigenvalue weighted by Gasteiger charge is 2.05. The summed E-state index contributed by atoms with van der Waals surface area (Å²) in [7, 11) is 1.88. The molecule has 0 saturated heterocycles. The third-order valence-electron chi connectivity index (χ3n) is 2.35. The molecular formula is C10H16ClN3O. The largest absolute Gasteiger partial charge is 0.352 e. The number of rotatable bonds is 5. The summed E-state index contributed by atoms with van der Waals surface area (Å²) in [6, 6.07) is 0. The Morgan fingerprint density at radius 1 is 1.67 bits per heavy atom. The van der Waals surface area contributed by atoms with Crippen LogP contribution in [0.2, 0.25) is 0 Å². The van der Waals surface area contributed by atoms with Gasteiger partial charge in [0.05, 0.1) is 6.20 Å². The zero-order valence-corrected chi connectivity index (χ0v) is 9.84. The Hall–Kier alpha value is -1.03. The number of aryl methyl sites for hydroxylation is 1. The van der Waals surface area contributed by atoms with Crippen LogP contribution in [0.3, 0.4) is 0 Å². The minimum absolute atomic E-state index is 0.0407. The van der Waals surface area contributed by atoms with Gasteiger partial charge in [0.1, 0.15) is 0 Å². The van der Waals surface area contributed by atoms with Crippen LogP contribution in [0, 0.1) is 6.92 Å². The predicted molar refractivity (Wildman–Crippen MR) is 59.7 cm³/mol. The third kappa shape index (κ3) is 3.55. The lowest BCUT2D eigenvalue weighted by Gasteiger charge is -2.03. The Labute approximate surface area is 94.6 Å². The van der Waals surface area contributed by atoms with Gasteiger partial charge in [-0.05, 0) is 13.3 Å². The molecule has 0 radical (unpaired) electrons. The average molecular weight is 230 g/mol. The van der Waals surface area contributed by atoms with E-state index in [9.17, 15) is 4.79 Å². The van der Waals surface area contributed by atoms with Crippen LogP contribution in [0.15, 0.2) is 6.20 Å². The van der Waals surface area contributed by atoms with E-state index < -0.39 is 0 Å². The van der Waals surface area contributed by atoms with Gasteiger partial charge < -0.3 is 5.32 Å². The molecule has 0 bridgehead atoms. The molecule has 1 amide bonds. The zero-order valence-electron chi connectivity index (χ0n) is 9.09. The van der Waals surface area contributed by atoms with Crippen molar-refractivity contribution in [2.24, 2.45) is 7.05 Å². The molecule has 0 aliphatic heterocycles. The standard InChI is InChI=1S/C10H16ClN3O/c1-8-9(7-13-14(8)2)6-12-10(15)4-3-5-11/h7H,3-6H2,1-2H3,(H,12,15). The number of hydrogen-bond acceptors (Lipinski definition) is 2. The van der Waals surface area contributed by atoms with E-state index in [2.05, 4.69) is 10.4 Å². The van der Waals surface area contributed by atoms with Crippen molar-refractivity contribution < 1.29 is 4.79 Å². The molecule has 0 aliphatic carbocycles. The maximum absolute atomic E-state index is 11.3. The molecule has 1 aromatic rings. The zero-order chi connectivity index (χ0) is 11.3. The maximum atomic E-state index is 11.3. The van der Waals surface area contributed by atoms with Crippen molar-refractivity contribution in [3.05, 3.63) is 17.5 Å². The summed E-state index contributed by atoms with van der Waals surface area (Å²) >= 11 is 5.50.